The molecule has 0 aromatic heterocycles. The molecule has 1 aromatic rings. The summed E-state index contributed by atoms with van der Waals surface area (Å²) >= 11 is 0. The minimum Gasteiger partial charge on any atom is -0.444 e. The third kappa shape index (κ3) is 6.59. The number of hydrogen-bond acceptors (Lipinski definition) is 5. The van der Waals surface area contributed by atoms with Crippen LogP contribution in [-0.4, -0.2) is 52.7 Å². The maximum atomic E-state index is 12.2. The second kappa shape index (κ2) is 9.35. The minimum atomic E-state index is -1.10. The lowest BCUT2D eigenvalue weighted by Gasteiger charge is -2.35. The van der Waals surface area contributed by atoms with Crippen LogP contribution in [0.15, 0.2) is 30.3 Å². The number of alkyl carbamates (subject to hydrolysis) is 1. The Morgan fingerprint density at radius 3 is 2.54 bits per heavy atom. The predicted molar refractivity (Wildman–Crippen MR) is 101 cm³/mol. The Kier molecular flexibility index (Phi) is 7.43. The normalized spacial score (nSPS) is 21.5. The van der Waals surface area contributed by atoms with Gasteiger partial charge in [-0.05, 0) is 52.1 Å². The van der Waals surface area contributed by atoms with Crippen LogP contribution in [0.3, 0.4) is 0 Å². The number of benzene rings is 1. The summed E-state index contributed by atoms with van der Waals surface area (Å²) in [6.07, 6.45) is 0.652. The van der Waals surface area contributed by atoms with Crippen molar-refractivity contribution in [3.8, 4) is 0 Å². The molecule has 6 heteroatoms. The van der Waals surface area contributed by atoms with Crippen LogP contribution in [0.1, 0.15) is 45.6 Å². The van der Waals surface area contributed by atoms with E-state index in [2.05, 4.69) is 10.6 Å². The van der Waals surface area contributed by atoms with Gasteiger partial charge in [0.15, 0.2) is 0 Å². The molecule has 0 spiro atoms. The van der Waals surface area contributed by atoms with Gasteiger partial charge in [-0.25, -0.2) is 4.79 Å². The first-order chi connectivity index (χ1) is 12.3. The average molecular weight is 364 g/mol. The fourth-order valence-corrected chi connectivity index (χ4v) is 3.23. The molecule has 26 heavy (non-hydrogen) atoms. The molecule has 1 aliphatic heterocycles. The number of piperidine rings is 1. The van der Waals surface area contributed by atoms with E-state index >= 15 is 0 Å². The Bertz CT molecular complexity index is 553. The molecule has 1 fully saturated rings. The number of carbonyl (C=O) groups is 1. The Morgan fingerprint density at radius 1 is 1.27 bits per heavy atom. The summed E-state index contributed by atoms with van der Waals surface area (Å²) in [5, 5.41) is 27.4. The van der Waals surface area contributed by atoms with Crippen molar-refractivity contribution in [3.05, 3.63) is 35.9 Å². The van der Waals surface area contributed by atoms with Gasteiger partial charge in [0.1, 0.15) is 11.7 Å². The van der Waals surface area contributed by atoms with E-state index in [0.717, 1.165) is 31.4 Å². The van der Waals surface area contributed by atoms with Gasteiger partial charge in [-0.3, -0.25) is 0 Å². The van der Waals surface area contributed by atoms with Crippen molar-refractivity contribution < 1.29 is 19.7 Å². The number of aliphatic hydroxyl groups is 2. The highest BCUT2D eigenvalue weighted by molar-refractivity contribution is 5.68. The van der Waals surface area contributed by atoms with Crippen molar-refractivity contribution in [2.45, 2.75) is 76.3 Å². The smallest absolute Gasteiger partial charge is 0.407 e. The molecule has 2 rings (SSSR count). The van der Waals surface area contributed by atoms with Crippen molar-refractivity contribution in [3.63, 3.8) is 0 Å². The molecule has 146 valence electrons. The highest BCUT2D eigenvalue weighted by Gasteiger charge is 2.34. The molecule has 0 saturated carbocycles. The first-order valence-electron chi connectivity index (χ1n) is 9.39. The zero-order valence-corrected chi connectivity index (χ0v) is 15.9. The number of amides is 1. The number of nitrogens with one attached hydrogen (secondary N) is 2. The molecule has 1 saturated heterocycles. The Hall–Kier alpha value is -1.63. The molecular formula is C20H32N2O4. The molecule has 4 atom stereocenters. The van der Waals surface area contributed by atoms with E-state index in [9.17, 15) is 15.0 Å². The van der Waals surface area contributed by atoms with Gasteiger partial charge in [-0.2, -0.15) is 0 Å². The highest BCUT2D eigenvalue weighted by atomic mass is 16.6. The van der Waals surface area contributed by atoms with Gasteiger partial charge in [-0.15, -0.1) is 0 Å². The third-order valence-corrected chi connectivity index (χ3v) is 4.52. The van der Waals surface area contributed by atoms with Crippen LogP contribution in [0.25, 0.3) is 0 Å². The summed E-state index contributed by atoms with van der Waals surface area (Å²) in [7, 11) is 0. The second-order valence-electron chi connectivity index (χ2n) is 7.98. The lowest BCUT2D eigenvalue weighted by Crippen LogP contribution is -2.57. The van der Waals surface area contributed by atoms with Crippen LogP contribution >= 0.6 is 0 Å². The molecule has 1 heterocycles. The van der Waals surface area contributed by atoms with Gasteiger partial charge in [0, 0.05) is 6.04 Å². The van der Waals surface area contributed by atoms with Crippen LogP contribution in [-0.2, 0) is 11.2 Å². The Balaban J connectivity index is 2.08. The van der Waals surface area contributed by atoms with Crippen molar-refractivity contribution in [2.24, 2.45) is 0 Å². The summed E-state index contributed by atoms with van der Waals surface area (Å²) in [5.41, 5.74) is 0.340. The van der Waals surface area contributed by atoms with Gasteiger partial charge in [-0.1, -0.05) is 36.8 Å². The standard InChI is InChI=1S/C20H32N2O4/c1-20(2,3)26-19(25)22-16(13-14-9-5-4-6-10-14)18(24)17(23)15-11-7-8-12-21-15/h4-6,9-10,15-18,21,23-24H,7-8,11-13H2,1-3H3,(H,22,25)/t15-,16-,17-,18-/m0/s1. The maximum absolute atomic E-state index is 12.2. The molecule has 0 unspecified atom stereocenters. The van der Waals surface area contributed by atoms with Gasteiger partial charge < -0.3 is 25.6 Å². The van der Waals surface area contributed by atoms with Gasteiger partial charge in [0.2, 0.25) is 0 Å². The topological polar surface area (TPSA) is 90.8 Å². The Labute approximate surface area is 155 Å². The summed E-state index contributed by atoms with van der Waals surface area (Å²) in [4.78, 5) is 12.2. The summed E-state index contributed by atoms with van der Waals surface area (Å²) in [6, 6.07) is 8.78. The largest absolute Gasteiger partial charge is 0.444 e. The van der Waals surface area contributed by atoms with Gasteiger partial charge in [0.05, 0.1) is 12.1 Å². The van der Waals surface area contributed by atoms with Crippen LogP contribution in [0, 0.1) is 0 Å². The monoisotopic (exact) mass is 364 g/mol. The van der Waals surface area contributed by atoms with Crippen molar-refractivity contribution >= 4 is 6.09 Å². The van der Waals surface area contributed by atoms with Crippen LogP contribution in [0.5, 0.6) is 0 Å². The van der Waals surface area contributed by atoms with E-state index in [-0.39, 0.29) is 6.04 Å². The maximum Gasteiger partial charge on any atom is 0.407 e. The molecule has 6 nitrogen and oxygen atoms in total. The molecule has 1 aliphatic rings. The quantitative estimate of drug-likeness (QED) is 0.620. The third-order valence-electron chi connectivity index (χ3n) is 4.52. The van der Waals surface area contributed by atoms with Crippen LogP contribution in [0.4, 0.5) is 4.79 Å². The van der Waals surface area contributed by atoms with Crippen molar-refractivity contribution in [1.82, 2.24) is 10.6 Å². The SMILES string of the molecule is CC(C)(C)OC(=O)N[C@@H](Cc1ccccc1)[C@H](O)[C@@H](O)[C@@H]1CCCCN1. The second-order valence-corrected chi connectivity index (χ2v) is 7.98. The summed E-state index contributed by atoms with van der Waals surface area (Å²) in [6.45, 7) is 6.19. The molecule has 4 N–H and O–H groups in total. The first-order valence-corrected chi connectivity index (χ1v) is 9.39. The van der Waals surface area contributed by atoms with Gasteiger partial charge in [0.25, 0.3) is 0 Å². The minimum absolute atomic E-state index is 0.169. The van der Waals surface area contributed by atoms with Crippen LogP contribution < -0.4 is 10.6 Å². The fourth-order valence-electron chi connectivity index (χ4n) is 3.23. The number of ether oxygens (including phenoxy) is 1. The summed E-state index contributed by atoms with van der Waals surface area (Å²) < 4.78 is 5.32. The van der Waals surface area contributed by atoms with E-state index in [1.54, 1.807) is 20.8 Å². The number of hydrogen-bond donors (Lipinski definition) is 4. The number of carbonyl (C=O) groups excluding carboxylic acids is 1. The summed E-state index contributed by atoms with van der Waals surface area (Å²) in [5.74, 6) is 0. The van der Waals surface area contributed by atoms with E-state index < -0.39 is 29.9 Å². The van der Waals surface area contributed by atoms with E-state index in [1.165, 1.54) is 0 Å². The molecule has 1 amide bonds. The zero-order valence-electron chi connectivity index (χ0n) is 15.9. The lowest BCUT2D eigenvalue weighted by molar-refractivity contribution is -0.0309. The Morgan fingerprint density at radius 2 is 1.96 bits per heavy atom. The number of rotatable bonds is 6. The fraction of sp³-hybridized carbons (Fsp3) is 0.650. The zero-order chi connectivity index (χ0) is 19.2. The molecular weight excluding hydrogens is 332 g/mol. The van der Waals surface area contributed by atoms with Crippen molar-refractivity contribution in [2.75, 3.05) is 6.54 Å². The molecule has 0 bridgehead atoms. The molecule has 1 aromatic carbocycles. The molecule has 0 radical (unpaired) electrons. The predicted octanol–water partition coefficient (Wildman–Crippen LogP) is 1.99. The van der Waals surface area contributed by atoms with Crippen LogP contribution in [0.2, 0.25) is 0 Å². The van der Waals surface area contributed by atoms with E-state index in [1.807, 2.05) is 30.3 Å². The average Bonchev–Trinajstić information content (AvgIpc) is 2.60. The number of aliphatic hydroxyl groups excluding tert-OH is 2. The van der Waals surface area contributed by atoms with Crippen molar-refractivity contribution in [1.29, 1.82) is 0 Å². The van der Waals surface area contributed by atoms with Gasteiger partial charge >= 0.3 is 6.09 Å². The van der Waals surface area contributed by atoms with E-state index in [0.29, 0.717) is 6.42 Å². The lowest BCUT2D eigenvalue weighted by atomic mass is 9.90. The first kappa shape index (κ1) is 20.7. The van der Waals surface area contributed by atoms with E-state index in [4.69, 9.17) is 4.74 Å². The molecule has 0 aliphatic carbocycles. The highest BCUT2D eigenvalue weighted by Crippen LogP contribution is 2.17.